The van der Waals surface area contributed by atoms with Gasteiger partial charge >= 0.3 is 0 Å². The van der Waals surface area contributed by atoms with E-state index in [4.69, 9.17) is 16.3 Å². The highest BCUT2D eigenvalue weighted by molar-refractivity contribution is 6.30. The summed E-state index contributed by atoms with van der Waals surface area (Å²) >= 11 is 5.69. The molecule has 2 atom stereocenters. The second kappa shape index (κ2) is 8.59. The van der Waals surface area contributed by atoms with E-state index in [-0.39, 0.29) is 5.02 Å². The molecule has 4 rings (SSSR count). The number of ether oxygens (including phenoxy) is 1. The molecule has 3 nitrogen and oxygen atoms in total. The zero-order chi connectivity index (χ0) is 18.6. The molecule has 2 fully saturated rings. The Balaban J connectivity index is 1.14. The first kappa shape index (κ1) is 18.7. The number of rotatable bonds is 7. The van der Waals surface area contributed by atoms with Crippen molar-refractivity contribution in [1.82, 2.24) is 10.2 Å². The van der Waals surface area contributed by atoms with Gasteiger partial charge in [-0.3, -0.25) is 4.90 Å². The Morgan fingerprint density at radius 2 is 1.89 bits per heavy atom. The van der Waals surface area contributed by atoms with Crippen LogP contribution in [0.4, 0.5) is 4.39 Å². The van der Waals surface area contributed by atoms with Gasteiger partial charge in [0.2, 0.25) is 0 Å². The third kappa shape index (κ3) is 5.01. The fourth-order valence-corrected chi connectivity index (χ4v) is 4.05. The summed E-state index contributed by atoms with van der Waals surface area (Å²) in [5.74, 6) is 0.793. The topological polar surface area (TPSA) is 24.5 Å². The van der Waals surface area contributed by atoms with Crippen molar-refractivity contribution in [2.24, 2.45) is 0 Å². The third-order valence-corrected chi connectivity index (χ3v) is 5.93. The quantitative estimate of drug-likeness (QED) is 0.757. The molecule has 27 heavy (non-hydrogen) atoms. The van der Waals surface area contributed by atoms with Crippen LogP contribution < -0.4 is 10.1 Å². The molecule has 0 unspecified atom stereocenters. The van der Waals surface area contributed by atoms with Crippen LogP contribution in [0.3, 0.4) is 0 Å². The summed E-state index contributed by atoms with van der Waals surface area (Å²) in [6.07, 6.45) is 3.61. The highest BCUT2D eigenvalue weighted by Gasteiger charge is 2.39. The van der Waals surface area contributed by atoms with Crippen molar-refractivity contribution in [2.45, 2.75) is 37.3 Å². The molecule has 144 valence electrons. The summed E-state index contributed by atoms with van der Waals surface area (Å²) in [5, 5.41) is 3.97. The number of halogens is 2. The Labute approximate surface area is 165 Å². The smallest absolute Gasteiger partial charge is 0.145 e. The molecule has 2 aromatic rings. The zero-order valence-corrected chi connectivity index (χ0v) is 16.2. The molecule has 1 N–H and O–H groups in total. The van der Waals surface area contributed by atoms with Crippen LogP contribution in [-0.4, -0.2) is 43.2 Å². The van der Waals surface area contributed by atoms with Crippen molar-refractivity contribution in [1.29, 1.82) is 0 Å². The van der Waals surface area contributed by atoms with Crippen LogP contribution in [0, 0.1) is 5.82 Å². The summed E-state index contributed by atoms with van der Waals surface area (Å²) in [4.78, 5) is 2.42. The molecule has 1 aliphatic carbocycles. The minimum absolute atomic E-state index is 0.127. The molecule has 1 heterocycles. The number of hydrogen-bond acceptors (Lipinski definition) is 3. The lowest BCUT2D eigenvalue weighted by atomic mass is 10.0. The molecule has 1 aliphatic heterocycles. The number of likely N-dealkylation sites (tertiary alicyclic amines) is 1. The first-order valence-corrected chi connectivity index (χ1v) is 10.2. The molecule has 0 aromatic heterocycles. The maximum absolute atomic E-state index is 13.4. The van der Waals surface area contributed by atoms with Crippen LogP contribution >= 0.6 is 11.6 Å². The maximum atomic E-state index is 13.4. The minimum Gasteiger partial charge on any atom is -0.492 e. The van der Waals surface area contributed by atoms with Gasteiger partial charge in [-0.1, -0.05) is 41.9 Å². The van der Waals surface area contributed by atoms with Crippen LogP contribution in [0.15, 0.2) is 48.5 Å². The summed E-state index contributed by atoms with van der Waals surface area (Å²) in [5.41, 5.74) is 1.46. The van der Waals surface area contributed by atoms with E-state index in [1.807, 2.05) is 0 Å². The molecular formula is C22H26ClFN2O. The van der Waals surface area contributed by atoms with E-state index >= 15 is 0 Å². The lowest BCUT2D eigenvalue weighted by molar-refractivity contribution is 0.164. The molecule has 0 bridgehead atoms. The SMILES string of the molecule is Fc1cc(OCCN2CCC(N[C@@H]3C[C@H]3c3ccccc3)CC2)ccc1Cl. The summed E-state index contributed by atoms with van der Waals surface area (Å²) in [7, 11) is 0. The van der Waals surface area contributed by atoms with Gasteiger partial charge in [-0.15, -0.1) is 0 Å². The van der Waals surface area contributed by atoms with Crippen LogP contribution in [0.5, 0.6) is 5.75 Å². The van der Waals surface area contributed by atoms with Gasteiger partial charge in [-0.25, -0.2) is 4.39 Å². The monoisotopic (exact) mass is 388 g/mol. The Bertz CT molecular complexity index is 749. The normalized spacial score (nSPS) is 23.3. The summed E-state index contributed by atoms with van der Waals surface area (Å²) < 4.78 is 19.1. The molecule has 1 saturated carbocycles. The van der Waals surface area contributed by atoms with Gasteiger partial charge in [0.1, 0.15) is 18.2 Å². The molecular weight excluding hydrogens is 363 g/mol. The van der Waals surface area contributed by atoms with Crippen LogP contribution in [0.25, 0.3) is 0 Å². The van der Waals surface area contributed by atoms with Gasteiger partial charge in [0.25, 0.3) is 0 Å². The minimum atomic E-state index is -0.435. The average molecular weight is 389 g/mol. The first-order valence-electron chi connectivity index (χ1n) is 9.80. The first-order chi connectivity index (χ1) is 13.2. The van der Waals surface area contributed by atoms with E-state index < -0.39 is 5.82 Å². The Kier molecular flexibility index (Phi) is 5.96. The third-order valence-electron chi connectivity index (χ3n) is 5.62. The van der Waals surface area contributed by atoms with Crippen molar-refractivity contribution in [3.05, 3.63) is 64.9 Å². The molecule has 0 spiro atoms. The Morgan fingerprint density at radius 1 is 1.11 bits per heavy atom. The molecule has 0 amide bonds. The summed E-state index contributed by atoms with van der Waals surface area (Å²) in [6, 6.07) is 16.7. The van der Waals surface area contributed by atoms with Crippen LogP contribution in [-0.2, 0) is 0 Å². The second-order valence-corrected chi connectivity index (χ2v) is 7.97. The van der Waals surface area contributed by atoms with Gasteiger partial charge in [0, 0.05) is 30.6 Å². The number of nitrogens with one attached hydrogen (secondary N) is 1. The predicted octanol–water partition coefficient (Wildman–Crippen LogP) is 4.47. The maximum Gasteiger partial charge on any atom is 0.145 e. The van der Waals surface area contributed by atoms with E-state index in [1.54, 1.807) is 6.07 Å². The molecule has 1 saturated heterocycles. The van der Waals surface area contributed by atoms with Gasteiger partial charge in [-0.2, -0.15) is 0 Å². The highest BCUT2D eigenvalue weighted by Crippen LogP contribution is 2.41. The van der Waals surface area contributed by atoms with Crippen LogP contribution in [0.1, 0.15) is 30.7 Å². The Hall–Kier alpha value is -1.62. The summed E-state index contributed by atoms with van der Waals surface area (Å²) in [6.45, 7) is 3.60. The van der Waals surface area contributed by atoms with Gasteiger partial charge < -0.3 is 10.1 Å². The van der Waals surface area contributed by atoms with E-state index in [1.165, 1.54) is 37.0 Å². The van der Waals surface area contributed by atoms with Crippen molar-refractivity contribution in [2.75, 3.05) is 26.2 Å². The fraction of sp³-hybridized carbons (Fsp3) is 0.455. The average Bonchev–Trinajstić information content (AvgIpc) is 3.46. The highest BCUT2D eigenvalue weighted by atomic mass is 35.5. The lowest BCUT2D eigenvalue weighted by Gasteiger charge is -2.32. The van der Waals surface area contributed by atoms with Crippen molar-refractivity contribution < 1.29 is 9.13 Å². The predicted molar refractivity (Wildman–Crippen MR) is 107 cm³/mol. The number of nitrogens with zero attached hydrogens (tertiary/aromatic N) is 1. The van der Waals surface area contributed by atoms with Crippen molar-refractivity contribution >= 4 is 11.6 Å². The van der Waals surface area contributed by atoms with Crippen molar-refractivity contribution in [3.8, 4) is 5.75 Å². The second-order valence-electron chi connectivity index (χ2n) is 7.57. The number of piperidine rings is 1. The van der Waals surface area contributed by atoms with Crippen molar-refractivity contribution in [3.63, 3.8) is 0 Å². The zero-order valence-electron chi connectivity index (χ0n) is 15.4. The standard InChI is InChI=1S/C22H26ClFN2O/c23-20-7-6-18(14-21(20)24)27-13-12-26-10-8-17(9-11-26)25-22-15-19(22)16-4-2-1-3-5-16/h1-7,14,17,19,22,25H,8-13,15H2/t19-,22+/m0/s1. The molecule has 2 aromatic carbocycles. The molecule has 2 aliphatic rings. The largest absolute Gasteiger partial charge is 0.492 e. The van der Waals surface area contributed by atoms with E-state index in [9.17, 15) is 4.39 Å². The Morgan fingerprint density at radius 3 is 2.63 bits per heavy atom. The molecule has 5 heteroatoms. The van der Waals surface area contributed by atoms with Crippen LogP contribution in [0.2, 0.25) is 5.02 Å². The van der Waals surface area contributed by atoms with Gasteiger partial charge in [0.05, 0.1) is 5.02 Å². The number of benzene rings is 2. The van der Waals surface area contributed by atoms with E-state index in [0.29, 0.717) is 30.4 Å². The van der Waals surface area contributed by atoms with Gasteiger partial charge in [-0.05, 0) is 50.0 Å². The van der Waals surface area contributed by atoms with E-state index in [0.717, 1.165) is 19.6 Å². The number of hydrogen-bond donors (Lipinski definition) is 1. The van der Waals surface area contributed by atoms with E-state index in [2.05, 4.69) is 40.5 Å². The lowest BCUT2D eigenvalue weighted by Crippen LogP contribution is -2.44. The fourth-order valence-electron chi connectivity index (χ4n) is 3.93. The van der Waals surface area contributed by atoms with Gasteiger partial charge in [0.15, 0.2) is 0 Å². The molecule has 0 radical (unpaired) electrons.